The molecule has 0 radical (unpaired) electrons. The van der Waals surface area contributed by atoms with Gasteiger partial charge in [0.15, 0.2) is 16.6 Å². The van der Waals surface area contributed by atoms with E-state index in [1.165, 1.54) is 11.1 Å². The van der Waals surface area contributed by atoms with E-state index in [1.54, 1.807) is 0 Å². The lowest BCUT2D eigenvalue weighted by atomic mass is 9.92. The molecule has 5 rings (SSSR count). The zero-order valence-corrected chi connectivity index (χ0v) is 20.8. The second kappa shape index (κ2) is 8.76. The molecular formula is C26H28N4O3S. The second-order valence-corrected chi connectivity index (χ2v) is 9.61. The predicted octanol–water partition coefficient (Wildman–Crippen LogP) is 5.40. The van der Waals surface area contributed by atoms with Gasteiger partial charge in [-0.25, -0.2) is 0 Å². The van der Waals surface area contributed by atoms with Gasteiger partial charge in [0.05, 0.1) is 11.6 Å². The summed E-state index contributed by atoms with van der Waals surface area (Å²) in [6, 6.07) is 11.9. The SMILES string of the molecule is CC1=C(c2nc(-c3ccc4c(c3)OCO4)no2)C(c2ccc(C)c(C)c2)NC(=S)N1CC(C)C. The summed E-state index contributed by atoms with van der Waals surface area (Å²) < 4.78 is 16.8. The smallest absolute Gasteiger partial charge is 0.258 e. The fourth-order valence-corrected chi connectivity index (χ4v) is 4.65. The summed E-state index contributed by atoms with van der Waals surface area (Å²) in [6.07, 6.45) is 0. The molecule has 1 atom stereocenters. The third-order valence-corrected chi connectivity index (χ3v) is 6.63. The maximum Gasteiger partial charge on any atom is 0.258 e. The van der Waals surface area contributed by atoms with Gasteiger partial charge in [-0.1, -0.05) is 37.2 Å². The number of hydrogen-bond acceptors (Lipinski definition) is 6. The molecule has 34 heavy (non-hydrogen) atoms. The van der Waals surface area contributed by atoms with Crippen molar-refractivity contribution in [1.82, 2.24) is 20.4 Å². The first kappa shape index (κ1) is 22.4. The molecule has 0 fully saturated rings. The number of aryl methyl sites for hydroxylation is 2. The van der Waals surface area contributed by atoms with Crippen LogP contribution >= 0.6 is 12.2 Å². The average molecular weight is 477 g/mol. The number of thiocarbonyl (C=S) groups is 1. The topological polar surface area (TPSA) is 72.6 Å². The molecule has 0 spiro atoms. The van der Waals surface area contributed by atoms with Crippen LogP contribution in [-0.4, -0.2) is 33.5 Å². The van der Waals surface area contributed by atoms with Crippen LogP contribution in [-0.2, 0) is 0 Å². The minimum atomic E-state index is -0.194. The Bertz CT molecular complexity index is 1300. The third-order valence-electron chi connectivity index (χ3n) is 6.30. The molecule has 1 unspecified atom stereocenters. The van der Waals surface area contributed by atoms with Crippen LogP contribution in [0.15, 0.2) is 46.6 Å². The quantitative estimate of drug-likeness (QED) is 0.491. The number of hydrogen-bond donors (Lipinski definition) is 1. The molecule has 0 amide bonds. The standard InChI is InChI=1S/C26H28N4O3S/c1-14(2)12-30-17(5)22(23(27-26(30)34)18-7-6-15(3)16(4)10-18)25-28-24(29-33-25)19-8-9-20-21(11-19)32-13-31-20/h6-11,14,23H,12-13H2,1-5H3,(H,27,34). The second-order valence-electron chi connectivity index (χ2n) is 9.22. The zero-order chi connectivity index (χ0) is 24.0. The van der Waals surface area contributed by atoms with Gasteiger partial charge in [-0.05, 0) is 73.8 Å². The van der Waals surface area contributed by atoms with Crippen LogP contribution < -0.4 is 14.8 Å². The number of benzene rings is 2. The molecule has 0 aliphatic carbocycles. The summed E-state index contributed by atoms with van der Waals surface area (Å²) in [5.41, 5.74) is 6.32. The Kier molecular flexibility index (Phi) is 5.77. The van der Waals surface area contributed by atoms with E-state index in [1.807, 2.05) is 18.2 Å². The van der Waals surface area contributed by atoms with E-state index in [9.17, 15) is 0 Å². The lowest BCUT2D eigenvalue weighted by Gasteiger charge is -2.38. The molecule has 2 aliphatic rings. The van der Waals surface area contributed by atoms with Crippen LogP contribution in [0.2, 0.25) is 0 Å². The van der Waals surface area contributed by atoms with Gasteiger partial charge in [-0.15, -0.1) is 0 Å². The van der Waals surface area contributed by atoms with Gasteiger partial charge < -0.3 is 24.2 Å². The Hall–Kier alpha value is -3.39. The number of rotatable bonds is 5. The molecule has 3 aromatic rings. The highest BCUT2D eigenvalue weighted by atomic mass is 32.1. The van der Waals surface area contributed by atoms with E-state index in [4.69, 9.17) is 31.2 Å². The number of ether oxygens (including phenoxy) is 2. The molecule has 2 aliphatic heterocycles. The molecule has 8 heteroatoms. The minimum Gasteiger partial charge on any atom is -0.454 e. The maximum atomic E-state index is 5.84. The largest absolute Gasteiger partial charge is 0.454 e. The number of nitrogens with one attached hydrogen (secondary N) is 1. The highest BCUT2D eigenvalue weighted by Crippen LogP contribution is 2.39. The molecule has 7 nitrogen and oxygen atoms in total. The van der Waals surface area contributed by atoms with E-state index >= 15 is 0 Å². The van der Waals surface area contributed by atoms with Crippen molar-refractivity contribution < 1.29 is 14.0 Å². The summed E-state index contributed by atoms with van der Waals surface area (Å²) in [4.78, 5) is 6.91. The average Bonchev–Trinajstić information content (AvgIpc) is 3.47. The Morgan fingerprint density at radius 1 is 1.06 bits per heavy atom. The fourth-order valence-electron chi connectivity index (χ4n) is 4.32. The van der Waals surface area contributed by atoms with Crippen LogP contribution in [0.25, 0.3) is 17.0 Å². The number of aromatic nitrogens is 2. The van der Waals surface area contributed by atoms with Crippen molar-refractivity contribution in [2.24, 2.45) is 5.92 Å². The number of nitrogens with zero attached hydrogens (tertiary/aromatic N) is 3. The maximum absolute atomic E-state index is 5.84. The van der Waals surface area contributed by atoms with Crippen molar-refractivity contribution in [3.63, 3.8) is 0 Å². The van der Waals surface area contributed by atoms with Gasteiger partial charge in [-0.3, -0.25) is 0 Å². The van der Waals surface area contributed by atoms with E-state index < -0.39 is 0 Å². The van der Waals surface area contributed by atoms with Crippen LogP contribution in [0.1, 0.15) is 49.4 Å². The third kappa shape index (κ3) is 4.03. The lowest BCUT2D eigenvalue weighted by Crippen LogP contribution is -2.47. The predicted molar refractivity (Wildman–Crippen MR) is 134 cm³/mol. The van der Waals surface area contributed by atoms with Gasteiger partial charge in [0, 0.05) is 17.8 Å². The normalized spacial score (nSPS) is 17.5. The van der Waals surface area contributed by atoms with Crippen LogP contribution in [0, 0.1) is 19.8 Å². The first-order chi connectivity index (χ1) is 16.3. The Morgan fingerprint density at radius 2 is 1.85 bits per heavy atom. The highest BCUT2D eigenvalue weighted by Gasteiger charge is 2.34. The Labute approximate surface area is 204 Å². The van der Waals surface area contributed by atoms with Crippen LogP contribution in [0.5, 0.6) is 11.5 Å². The van der Waals surface area contributed by atoms with Gasteiger partial charge in [0.25, 0.3) is 5.89 Å². The first-order valence-corrected chi connectivity index (χ1v) is 11.8. The molecule has 0 bridgehead atoms. The summed E-state index contributed by atoms with van der Waals surface area (Å²) in [6.45, 7) is 11.7. The van der Waals surface area contributed by atoms with Crippen molar-refractivity contribution in [3.8, 4) is 22.9 Å². The van der Waals surface area contributed by atoms with Gasteiger partial charge >= 0.3 is 0 Å². The van der Waals surface area contributed by atoms with Crippen molar-refractivity contribution in [2.75, 3.05) is 13.3 Å². The summed E-state index contributed by atoms with van der Waals surface area (Å²) in [5.74, 6) is 2.80. The molecule has 3 heterocycles. The molecule has 176 valence electrons. The lowest BCUT2D eigenvalue weighted by molar-refractivity contribution is 0.174. The van der Waals surface area contributed by atoms with E-state index in [2.05, 4.69) is 68.2 Å². The molecule has 1 aromatic heterocycles. The van der Waals surface area contributed by atoms with Crippen LogP contribution in [0.3, 0.4) is 0 Å². The van der Waals surface area contributed by atoms with Crippen LogP contribution in [0.4, 0.5) is 0 Å². The zero-order valence-electron chi connectivity index (χ0n) is 20.0. The minimum absolute atomic E-state index is 0.194. The molecule has 2 aromatic carbocycles. The molecule has 0 saturated carbocycles. The first-order valence-electron chi connectivity index (χ1n) is 11.4. The van der Waals surface area contributed by atoms with Crippen molar-refractivity contribution in [3.05, 3.63) is 64.7 Å². The fraction of sp³-hybridized carbons (Fsp3) is 0.346. The number of allylic oxidation sites excluding steroid dienone is 1. The summed E-state index contributed by atoms with van der Waals surface area (Å²) >= 11 is 5.78. The monoisotopic (exact) mass is 476 g/mol. The van der Waals surface area contributed by atoms with Crippen molar-refractivity contribution >= 4 is 22.9 Å². The van der Waals surface area contributed by atoms with E-state index in [-0.39, 0.29) is 12.8 Å². The molecular weight excluding hydrogens is 448 g/mol. The van der Waals surface area contributed by atoms with Crippen molar-refractivity contribution in [2.45, 2.75) is 40.7 Å². The van der Waals surface area contributed by atoms with Gasteiger partial charge in [-0.2, -0.15) is 4.98 Å². The number of fused-ring (bicyclic) bond motifs is 1. The Balaban J connectivity index is 1.59. The van der Waals surface area contributed by atoms with Gasteiger partial charge in [0.2, 0.25) is 12.6 Å². The summed E-state index contributed by atoms with van der Waals surface area (Å²) in [5, 5.41) is 8.53. The summed E-state index contributed by atoms with van der Waals surface area (Å²) in [7, 11) is 0. The van der Waals surface area contributed by atoms with E-state index in [0.717, 1.165) is 34.7 Å². The van der Waals surface area contributed by atoms with E-state index in [0.29, 0.717) is 28.5 Å². The Morgan fingerprint density at radius 3 is 2.62 bits per heavy atom. The highest BCUT2D eigenvalue weighted by molar-refractivity contribution is 7.80. The van der Waals surface area contributed by atoms with Crippen molar-refractivity contribution in [1.29, 1.82) is 0 Å². The molecule has 1 N–H and O–H groups in total. The molecule has 0 saturated heterocycles. The van der Waals surface area contributed by atoms with Gasteiger partial charge in [0.1, 0.15) is 0 Å².